The zero-order chi connectivity index (χ0) is 23.3. The van der Waals surface area contributed by atoms with Crippen LogP contribution in [0, 0.1) is 0 Å². The number of benzene rings is 4. The largest absolute Gasteiger partial charge is 0.490 e. The first-order chi connectivity index (χ1) is 16.7. The quantitative estimate of drug-likeness (QED) is 0.228. The number of ether oxygens (including phenoxy) is 2. The van der Waals surface area contributed by atoms with Gasteiger partial charge in [0.15, 0.2) is 11.5 Å². The number of hydrogen-bond acceptors (Lipinski definition) is 5. The van der Waals surface area contributed by atoms with Gasteiger partial charge in [-0.2, -0.15) is 5.10 Å². The molecular formula is C28H26N4O2. The Labute approximate surface area is 198 Å². The van der Waals surface area contributed by atoms with Crippen molar-refractivity contribution in [1.82, 2.24) is 9.55 Å². The van der Waals surface area contributed by atoms with Crippen molar-refractivity contribution < 1.29 is 9.47 Å². The molecule has 0 aliphatic carbocycles. The molecule has 1 heterocycles. The van der Waals surface area contributed by atoms with Crippen LogP contribution in [0.5, 0.6) is 11.5 Å². The lowest BCUT2D eigenvalue weighted by Crippen LogP contribution is -2.01. The van der Waals surface area contributed by atoms with Crippen molar-refractivity contribution in [2.75, 3.05) is 12.0 Å². The first-order valence-electron chi connectivity index (χ1n) is 11.3. The molecule has 5 aromatic rings. The molecule has 0 fully saturated rings. The second kappa shape index (κ2) is 9.67. The Morgan fingerprint density at radius 1 is 0.912 bits per heavy atom. The molecule has 0 amide bonds. The molecule has 1 aromatic heterocycles. The standard InChI is InChI=1S/C28H26N4O2/c1-3-33-27-17-20(18-29-31-28-30-24-13-6-7-14-25(24)32(28)2)15-16-26(27)34-19-22-11-8-10-21-9-4-5-12-23(21)22/h4-18H,3,19H2,1-2H3,(H,30,31)/b29-18-. The topological polar surface area (TPSA) is 60.7 Å². The van der Waals surface area contributed by atoms with E-state index >= 15 is 0 Å². The van der Waals surface area contributed by atoms with Crippen LogP contribution in [0.25, 0.3) is 21.8 Å². The van der Waals surface area contributed by atoms with Gasteiger partial charge in [-0.05, 0) is 59.2 Å². The van der Waals surface area contributed by atoms with E-state index in [-0.39, 0.29) is 0 Å². The molecule has 34 heavy (non-hydrogen) atoms. The van der Waals surface area contributed by atoms with Gasteiger partial charge >= 0.3 is 0 Å². The van der Waals surface area contributed by atoms with Crippen LogP contribution in [0.15, 0.2) is 90.0 Å². The van der Waals surface area contributed by atoms with Crippen molar-refractivity contribution in [3.8, 4) is 11.5 Å². The summed E-state index contributed by atoms with van der Waals surface area (Å²) in [6.45, 7) is 2.97. The molecule has 6 nitrogen and oxygen atoms in total. The molecule has 5 rings (SSSR count). The number of nitrogens with one attached hydrogen (secondary N) is 1. The fourth-order valence-corrected chi connectivity index (χ4v) is 3.98. The van der Waals surface area contributed by atoms with Crippen LogP contribution in [0.2, 0.25) is 0 Å². The minimum absolute atomic E-state index is 0.461. The van der Waals surface area contributed by atoms with Gasteiger partial charge in [0.25, 0.3) is 0 Å². The van der Waals surface area contributed by atoms with E-state index in [1.54, 1.807) is 6.21 Å². The predicted octanol–water partition coefficient (Wildman–Crippen LogP) is 6.15. The Hall–Kier alpha value is -4.32. The van der Waals surface area contributed by atoms with E-state index in [0.717, 1.165) is 22.2 Å². The third-order valence-corrected chi connectivity index (χ3v) is 5.70. The van der Waals surface area contributed by atoms with Gasteiger partial charge in [-0.25, -0.2) is 10.4 Å². The number of nitrogens with zero attached hydrogens (tertiary/aromatic N) is 3. The van der Waals surface area contributed by atoms with E-state index < -0.39 is 0 Å². The van der Waals surface area contributed by atoms with E-state index in [1.165, 1.54) is 10.8 Å². The van der Waals surface area contributed by atoms with E-state index in [1.807, 2.05) is 73.1 Å². The Balaban J connectivity index is 1.31. The molecule has 0 saturated carbocycles. The zero-order valence-corrected chi connectivity index (χ0v) is 19.2. The minimum Gasteiger partial charge on any atom is -0.490 e. The highest BCUT2D eigenvalue weighted by Gasteiger charge is 2.09. The van der Waals surface area contributed by atoms with Crippen LogP contribution in [-0.2, 0) is 13.7 Å². The number of para-hydroxylation sites is 2. The molecule has 4 aromatic carbocycles. The van der Waals surface area contributed by atoms with Gasteiger partial charge in [-0.1, -0.05) is 54.6 Å². The molecule has 0 bridgehead atoms. The third-order valence-electron chi connectivity index (χ3n) is 5.70. The van der Waals surface area contributed by atoms with E-state index in [2.05, 4.69) is 45.8 Å². The molecule has 0 unspecified atom stereocenters. The van der Waals surface area contributed by atoms with Gasteiger partial charge in [-0.3, -0.25) is 0 Å². The van der Waals surface area contributed by atoms with Gasteiger partial charge in [0, 0.05) is 7.05 Å². The van der Waals surface area contributed by atoms with Crippen molar-refractivity contribution >= 4 is 34.0 Å². The minimum atomic E-state index is 0.461. The van der Waals surface area contributed by atoms with Gasteiger partial charge in [0.05, 0.1) is 23.9 Å². The number of aryl methyl sites for hydroxylation is 1. The third kappa shape index (κ3) is 4.43. The Morgan fingerprint density at radius 3 is 2.62 bits per heavy atom. The second-order valence-electron chi connectivity index (χ2n) is 7.92. The Kier molecular flexibility index (Phi) is 6.12. The van der Waals surface area contributed by atoms with Gasteiger partial charge < -0.3 is 14.0 Å². The van der Waals surface area contributed by atoms with Gasteiger partial charge in [0.1, 0.15) is 6.61 Å². The summed E-state index contributed by atoms with van der Waals surface area (Å²) >= 11 is 0. The average molecular weight is 451 g/mol. The predicted molar refractivity (Wildman–Crippen MR) is 138 cm³/mol. The smallest absolute Gasteiger partial charge is 0.224 e. The highest BCUT2D eigenvalue weighted by Crippen LogP contribution is 2.30. The van der Waals surface area contributed by atoms with Crippen LogP contribution in [0.4, 0.5) is 5.95 Å². The maximum absolute atomic E-state index is 6.16. The summed E-state index contributed by atoms with van der Waals surface area (Å²) in [6, 6.07) is 28.4. The fourth-order valence-electron chi connectivity index (χ4n) is 3.98. The van der Waals surface area contributed by atoms with E-state index in [0.29, 0.717) is 30.7 Å². The monoisotopic (exact) mass is 450 g/mol. The number of fused-ring (bicyclic) bond motifs is 2. The number of aromatic nitrogens is 2. The van der Waals surface area contributed by atoms with Crippen LogP contribution < -0.4 is 14.9 Å². The van der Waals surface area contributed by atoms with E-state index in [9.17, 15) is 0 Å². The number of rotatable bonds is 8. The van der Waals surface area contributed by atoms with Crippen molar-refractivity contribution in [3.63, 3.8) is 0 Å². The summed E-state index contributed by atoms with van der Waals surface area (Å²) in [5, 5.41) is 6.77. The van der Waals surface area contributed by atoms with Crippen molar-refractivity contribution in [3.05, 3.63) is 96.1 Å². The van der Waals surface area contributed by atoms with Gasteiger partial charge in [-0.15, -0.1) is 0 Å². The summed E-state index contributed by atoms with van der Waals surface area (Å²) in [5.74, 6) is 2.07. The number of hydrazone groups is 1. The molecule has 6 heteroatoms. The molecule has 170 valence electrons. The van der Waals surface area contributed by atoms with Crippen LogP contribution in [0.3, 0.4) is 0 Å². The second-order valence-corrected chi connectivity index (χ2v) is 7.92. The molecule has 0 spiro atoms. The summed E-state index contributed by atoms with van der Waals surface area (Å²) in [4.78, 5) is 4.57. The molecule has 0 atom stereocenters. The lowest BCUT2D eigenvalue weighted by atomic mass is 10.1. The number of hydrogen-bond donors (Lipinski definition) is 1. The maximum Gasteiger partial charge on any atom is 0.224 e. The Morgan fingerprint density at radius 2 is 1.74 bits per heavy atom. The first-order valence-corrected chi connectivity index (χ1v) is 11.3. The molecule has 0 saturated heterocycles. The summed E-state index contributed by atoms with van der Waals surface area (Å²) in [6.07, 6.45) is 1.75. The fraction of sp³-hybridized carbons (Fsp3) is 0.143. The van der Waals surface area contributed by atoms with Crippen LogP contribution >= 0.6 is 0 Å². The lowest BCUT2D eigenvalue weighted by Gasteiger charge is -2.13. The van der Waals surface area contributed by atoms with Crippen molar-refractivity contribution in [1.29, 1.82) is 0 Å². The number of anilines is 1. The van der Waals surface area contributed by atoms with Crippen molar-refractivity contribution in [2.45, 2.75) is 13.5 Å². The normalized spacial score (nSPS) is 11.4. The maximum atomic E-state index is 6.16. The average Bonchev–Trinajstić information content (AvgIpc) is 3.19. The van der Waals surface area contributed by atoms with Crippen LogP contribution in [0.1, 0.15) is 18.1 Å². The highest BCUT2D eigenvalue weighted by atomic mass is 16.5. The number of imidazole rings is 1. The SMILES string of the molecule is CCOc1cc(/C=N\Nc2nc3ccccc3n2C)ccc1OCc1cccc2ccccc12. The van der Waals surface area contributed by atoms with E-state index in [4.69, 9.17) is 9.47 Å². The molecule has 0 radical (unpaired) electrons. The zero-order valence-electron chi connectivity index (χ0n) is 19.2. The molecule has 0 aliphatic rings. The summed E-state index contributed by atoms with van der Waals surface area (Å²) < 4.78 is 14.0. The highest BCUT2D eigenvalue weighted by molar-refractivity contribution is 5.85. The molecule has 1 N–H and O–H groups in total. The first kappa shape index (κ1) is 21.5. The summed E-state index contributed by atoms with van der Waals surface area (Å²) in [7, 11) is 1.96. The van der Waals surface area contributed by atoms with Crippen molar-refractivity contribution in [2.24, 2.45) is 12.1 Å². The summed E-state index contributed by atoms with van der Waals surface area (Å²) in [5.41, 5.74) is 7.04. The van der Waals surface area contributed by atoms with Gasteiger partial charge in [0.2, 0.25) is 5.95 Å². The van der Waals surface area contributed by atoms with Crippen LogP contribution in [-0.4, -0.2) is 22.4 Å². The Bertz CT molecular complexity index is 1470. The molecule has 0 aliphatic heterocycles. The molecular weight excluding hydrogens is 424 g/mol. The lowest BCUT2D eigenvalue weighted by molar-refractivity contribution is 0.270.